The summed E-state index contributed by atoms with van der Waals surface area (Å²) < 4.78 is 5.62. The van der Waals surface area contributed by atoms with Gasteiger partial charge in [0.1, 0.15) is 0 Å². The molecule has 0 amide bonds. The smallest absolute Gasteiger partial charge is 0.204 e. The first-order chi connectivity index (χ1) is 9.74. The van der Waals surface area contributed by atoms with Gasteiger partial charge in [-0.3, -0.25) is 0 Å². The summed E-state index contributed by atoms with van der Waals surface area (Å²) in [6, 6.07) is 8.96. The average molecular weight is 274 g/mol. The van der Waals surface area contributed by atoms with Crippen LogP contribution >= 0.6 is 0 Å². The standard InChI is InChI=1S/C15H22N4O/c1-11(2)16-9-12-10-20-8-7-19(12)15-17-13-5-3-4-6-14(13)18-15/h3-6,11-12,16H,7-10H2,1-2H3,(H,17,18). The molecule has 0 spiro atoms. The van der Waals surface area contributed by atoms with Gasteiger partial charge in [0.15, 0.2) is 0 Å². The van der Waals surface area contributed by atoms with Crippen LogP contribution in [0.4, 0.5) is 5.95 Å². The van der Waals surface area contributed by atoms with Crippen LogP contribution in [0, 0.1) is 0 Å². The zero-order valence-corrected chi connectivity index (χ0v) is 12.1. The summed E-state index contributed by atoms with van der Waals surface area (Å²) in [5.74, 6) is 0.949. The van der Waals surface area contributed by atoms with Gasteiger partial charge in [-0.25, -0.2) is 4.98 Å². The summed E-state index contributed by atoms with van der Waals surface area (Å²) in [5.41, 5.74) is 2.11. The number of imidazole rings is 1. The van der Waals surface area contributed by atoms with E-state index in [1.54, 1.807) is 0 Å². The maximum Gasteiger partial charge on any atom is 0.204 e. The van der Waals surface area contributed by atoms with E-state index >= 15 is 0 Å². The fourth-order valence-electron chi connectivity index (χ4n) is 2.55. The minimum Gasteiger partial charge on any atom is -0.377 e. The monoisotopic (exact) mass is 274 g/mol. The third-order valence-corrected chi connectivity index (χ3v) is 3.64. The number of rotatable bonds is 4. The van der Waals surface area contributed by atoms with Crippen molar-refractivity contribution in [3.05, 3.63) is 24.3 Å². The Labute approximate surface area is 119 Å². The highest BCUT2D eigenvalue weighted by atomic mass is 16.5. The number of aromatic nitrogens is 2. The molecule has 1 unspecified atom stereocenters. The van der Waals surface area contributed by atoms with Crippen LogP contribution < -0.4 is 10.2 Å². The number of benzene rings is 1. The molecule has 3 rings (SSSR count). The Hall–Kier alpha value is -1.59. The van der Waals surface area contributed by atoms with E-state index in [9.17, 15) is 0 Å². The van der Waals surface area contributed by atoms with Gasteiger partial charge in [0.2, 0.25) is 5.95 Å². The second-order valence-corrected chi connectivity index (χ2v) is 5.56. The third kappa shape index (κ3) is 2.78. The number of anilines is 1. The Bertz CT molecular complexity index is 533. The predicted octanol–water partition coefficient (Wildman–Crippen LogP) is 1.77. The molecule has 0 saturated carbocycles. The Kier molecular flexibility index (Phi) is 3.89. The number of fused-ring (bicyclic) bond motifs is 1. The molecule has 1 aromatic heterocycles. The predicted molar refractivity (Wildman–Crippen MR) is 81.2 cm³/mol. The molecule has 20 heavy (non-hydrogen) atoms. The second kappa shape index (κ2) is 5.81. The van der Waals surface area contributed by atoms with Gasteiger partial charge < -0.3 is 19.9 Å². The zero-order valence-electron chi connectivity index (χ0n) is 12.1. The van der Waals surface area contributed by atoms with Crippen molar-refractivity contribution in [2.24, 2.45) is 0 Å². The lowest BCUT2D eigenvalue weighted by molar-refractivity contribution is 0.0924. The maximum absolute atomic E-state index is 5.62. The Morgan fingerprint density at radius 3 is 3.10 bits per heavy atom. The molecule has 0 aliphatic carbocycles. The van der Waals surface area contributed by atoms with E-state index in [-0.39, 0.29) is 0 Å². The van der Waals surface area contributed by atoms with Crippen LogP contribution in [0.15, 0.2) is 24.3 Å². The molecule has 1 aromatic carbocycles. The number of nitrogens with zero attached hydrogens (tertiary/aromatic N) is 2. The van der Waals surface area contributed by atoms with E-state index in [1.807, 2.05) is 18.2 Å². The van der Waals surface area contributed by atoms with Gasteiger partial charge in [-0.1, -0.05) is 26.0 Å². The first kappa shape index (κ1) is 13.4. The fourth-order valence-corrected chi connectivity index (χ4v) is 2.55. The quantitative estimate of drug-likeness (QED) is 0.892. The van der Waals surface area contributed by atoms with Gasteiger partial charge >= 0.3 is 0 Å². The van der Waals surface area contributed by atoms with E-state index in [1.165, 1.54) is 0 Å². The van der Waals surface area contributed by atoms with Crippen molar-refractivity contribution in [1.29, 1.82) is 0 Å². The molecule has 1 aliphatic rings. The Morgan fingerprint density at radius 1 is 1.45 bits per heavy atom. The van der Waals surface area contributed by atoms with E-state index in [4.69, 9.17) is 9.72 Å². The van der Waals surface area contributed by atoms with Crippen molar-refractivity contribution in [3.8, 4) is 0 Å². The van der Waals surface area contributed by atoms with Crippen LogP contribution in [-0.4, -0.2) is 48.4 Å². The van der Waals surface area contributed by atoms with Crippen LogP contribution in [0.3, 0.4) is 0 Å². The van der Waals surface area contributed by atoms with Crippen LogP contribution in [0.5, 0.6) is 0 Å². The molecule has 108 valence electrons. The molecule has 2 heterocycles. The number of hydrogen-bond donors (Lipinski definition) is 2. The normalized spacial score (nSPS) is 19.9. The van der Waals surface area contributed by atoms with E-state index in [0.29, 0.717) is 12.1 Å². The van der Waals surface area contributed by atoms with Gasteiger partial charge in [0.25, 0.3) is 0 Å². The summed E-state index contributed by atoms with van der Waals surface area (Å²) >= 11 is 0. The number of para-hydroxylation sites is 2. The largest absolute Gasteiger partial charge is 0.377 e. The van der Waals surface area contributed by atoms with Crippen molar-refractivity contribution in [2.75, 3.05) is 31.2 Å². The number of aromatic amines is 1. The van der Waals surface area contributed by atoms with Crippen molar-refractivity contribution in [2.45, 2.75) is 25.9 Å². The number of ether oxygens (including phenoxy) is 1. The lowest BCUT2D eigenvalue weighted by atomic mass is 10.2. The van der Waals surface area contributed by atoms with Crippen molar-refractivity contribution in [1.82, 2.24) is 15.3 Å². The number of nitrogens with one attached hydrogen (secondary N) is 2. The molecule has 1 saturated heterocycles. The van der Waals surface area contributed by atoms with E-state index < -0.39 is 0 Å². The van der Waals surface area contributed by atoms with Crippen molar-refractivity contribution in [3.63, 3.8) is 0 Å². The number of morpholine rings is 1. The molecule has 0 bridgehead atoms. The molecule has 5 nitrogen and oxygen atoms in total. The summed E-state index contributed by atoms with van der Waals surface area (Å²) in [7, 11) is 0. The van der Waals surface area contributed by atoms with E-state index in [0.717, 1.165) is 43.3 Å². The SMILES string of the molecule is CC(C)NCC1COCCN1c1nc2ccccc2[nH]1. The van der Waals surface area contributed by atoms with Crippen molar-refractivity contribution < 1.29 is 4.74 Å². The first-order valence-corrected chi connectivity index (χ1v) is 7.26. The highest BCUT2D eigenvalue weighted by Gasteiger charge is 2.25. The Balaban J connectivity index is 1.81. The minimum atomic E-state index is 0.326. The molecule has 1 fully saturated rings. The topological polar surface area (TPSA) is 53.2 Å². The zero-order chi connectivity index (χ0) is 13.9. The average Bonchev–Trinajstić information content (AvgIpc) is 2.89. The third-order valence-electron chi connectivity index (χ3n) is 3.64. The second-order valence-electron chi connectivity index (χ2n) is 5.56. The summed E-state index contributed by atoms with van der Waals surface area (Å²) in [6.07, 6.45) is 0. The van der Waals surface area contributed by atoms with Crippen molar-refractivity contribution >= 4 is 17.0 Å². The molecule has 5 heteroatoms. The first-order valence-electron chi connectivity index (χ1n) is 7.26. The number of hydrogen-bond acceptors (Lipinski definition) is 4. The molecule has 1 aliphatic heterocycles. The summed E-state index contributed by atoms with van der Waals surface area (Å²) in [4.78, 5) is 10.4. The lowest BCUT2D eigenvalue weighted by Gasteiger charge is -2.36. The maximum atomic E-state index is 5.62. The minimum absolute atomic E-state index is 0.326. The van der Waals surface area contributed by atoms with E-state index in [2.05, 4.69) is 35.1 Å². The summed E-state index contributed by atoms with van der Waals surface area (Å²) in [5, 5.41) is 3.49. The molecular weight excluding hydrogens is 252 g/mol. The van der Waals surface area contributed by atoms with Gasteiger partial charge in [0, 0.05) is 19.1 Å². The van der Waals surface area contributed by atoms with Crippen LogP contribution in [0.1, 0.15) is 13.8 Å². The van der Waals surface area contributed by atoms with Gasteiger partial charge in [-0.05, 0) is 12.1 Å². The molecule has 1 atom stereocenters. The lowest BCUT2D eigenvalue weighted by Crippen LogP contribution is -2.51. The highest BCUT2D eigenvalue weighted by Crippen LogP contribution is 2.20. The van der Waals surface area contributed by atoms with Gasteiger partial charge in [0.05, 0.1) is 30.3 Å². The number of H-pyrrole nitrogens is 1. The molecule has 0 radical (unpaired) electrons. The highest BCUT2D eigenvalue weighted by molar-refractivity contribution is 5.77. The van der Waals surface area contributed by atoms with Gasteiger partial charge in [-0.2, -0.15) is 0 Å². The molecular formula is C15H22N4O. The molecule has 2 N–H and O–H groups in total. The Morgan fingerprint density at radius 2 is 2.30 bits per heavy atom. The van der Waals surface area contributed by atoms with Crippen LogP contribution in [0.2, 0.25) is 0 Å². The van der Waals surface area contributed by atoms with Crippen LogP contribution in [-0.2, 0) is 4.74 Å². The summed E-state index contributed by atoms with van der Waals surface area (Å²) in [6.45, 7) is 7.62. The fraction of sp³-hybridized carbons (Fsp3) is 0.533. The molecule has 2 aromatic rings. The van der Waals surface area contributed by atoms with Gasteiger partial charge in [-0.15, -0.1) is 0 Å². The van der Waals surface area contributed by atoms with Crippen LogP contribution in [0.25, 0.3) is 11.0 Å².